The van der Waals surface area contributed by atoms with E-state index in [-0.39, 0.29) is 0 Å². The van der Waals surface area contributed by atoms with Crippen LogP contribution in [0.5, 0.6) is 23.0 Å². The van der Waals surface area contributed by atoms with Crippen molar-refractivity contribution in [3.63, 3.8) is 0 Å². The number of hydrogen-bond acceptors (Lipinski definition) is 5. The van der Waals surface area contributed by atoms with Crippen molar-refractivity contribution in [1.82, 2.24) is 15.0 Å². The second kappa shape index (κ2) is 18.1. The van der Waals surface area contributed by atoms with Gasteiger partial charge in [0, 0.05) is 45.9 Å². The summed E-state index contributed by atoms with van der Waals surface area (Å²) < 4.78 is 24.7. The van der Waals surface area contributed by atoms with Crippen molar-refractivity contribution in [3.8, 4) is 101 Å². The molecule has 0 N–H and O–H groups in total. The zero-order valence-corrected chi connectivity index (χ0v) is 40.6. The molecule has 10 aromatic carbocycles. The first-order valence-corrected chi connectivity index (χ1v) is 25.6. The molecule has 74 heavy (non-hydrogen) atoms. The molecule has 0 bridgehead atoms. The van der Waals surface area contributed by atoms with Crippen LogP contribution in [0.2, 0.25) is 0 Å². The molecule has 3 aliphatic rings. The molecule has 1 aliphatic carbocycles. The summed E-state index contributed by atoms with van der Waals surface area (Å²) in [5.41, 5.74) is 17.6. The molecule has 14 rings (SSSR count). The summed E-state index contributed by atoms with van der Waals surface area (Å²) >= 11 is 0. The van der Waals surface area contributed by atoms with E-state index in [2.05, 4.69) is 223 Å². The highest BCUT2D eigenvalue weighted by atomic mass is 16.5. The van der Waals surface area contributed by atoms with Gasteiger partial charge in [0.05, 0.1) is 5.41 Å². The third-order valence-electron chi connectivity index (χ3n) is 15.4. The van der Waals surface area contributed by atoms with E-state index < -0.39 is 11.3 Å². The molecule has 1 spiro atoms. The van der Waals surface area contributed by atoms with Crippen molar-refractivity contribution < 1.29 is 10.8 Å². The van der Waals surface area contributed by atoms with Crippen LogP contribution in [0.4, 0.5) is 0 Å². The van der Waals surface area contributed by atoms with Crippen molar-refractivity contribution in [2.75, 3.05) is 0 Å². The van der Waals surface area contributed by atoms with E-state index in [0.717, 1.165) is 149 Å². The predicted molar refractivity (Wildman–Crippen MR) is 298 cm³/mol. The molecular formula is C69H49N3O2. The zero-order valence-electron chi connectivity index (χ0n) is 41.6. The lowest BCUT2D eigenvalue weighted by molar-refractivity contribution is 0.399. The minimum absolute atomic E-state index is 0.581. The van der Waals surface area contributed by atoms with Crippen LogP contribution >= 0.6 is 0 Å². The summed E-state index contributed by atoms with van der Waals surface area (Å²) in [6.45, 7) is 0. The maximum Gasteiger partial charge on any atom is 0.163 e. The molecular weight excluding hydrogens is 903 g/mol. The third kappa shape index (κ3) is 6.95. The molecule has 3 heterocycles. The average molecular weight is 953 g/mol. The van der Waals surface area contributed by atoms with Gasteiger partial charge in [-0.05, 0) is 98.6 Å². The molecule has 1 saturated carbocycles. The number of nitrogens with zero attached hydrogens (tertiary/aromatic N) is 3. The number of aromatic nitrogens is 3. The number of rotatable bonds is 8. The van der Waals surface area contributed by atoms with Crippen molar-refractivity contribution in [3.05, 3.63) is 271 Å². The first-order chi connectivity index (χ1) is 37.1. The van der Waals surface area contributed by atoms with E-state index in [9.17, 15) is 1.37 Å². The fourth-order valence-corrected chi connectivity index (χ4v) is 12.4. The monoisotopic (exact) mass is 952 g/mol. The molecule has 0 atom stereocenters. The first-order valence-electron chi connectivity index (χ1n) is 26.1. The molecule has 352 valence electrons. The summed E-state index contributed by atoms with van der Waals surface area (Å²) in [6.07, 6.45) is 6.69. The second-order valence-corrected chi connectivity index (χ2v) is 19.4. The number of hydrogen-bond donors (Lipinski definition) is 0. The maximum atomic E-state index is 10.4. The lowest BCUT2D eigenvalue weighted by atomic mass is 9.61. The summed E-state index contributed by atoms with van der Waals surface area (Å²) in [6, 6.07) is 81.8. The van der Waals surface area contributed by atoms with Gasteiger partial charge in [0.1, 0.15) is 35.7 Å². The number of benzene rings is 10. The summed E-state index contributed by atoms with van der Waals surface area (Å²) in [5.74, 6) is 2.91. The Morgan fingerprint density at radius 3 is 1.24 bits per heavy atom. The Bertz CT molecular complexity index is 3790. The number of fused-ring (bicyclic) bond motifs is 8. The molecule has 1 aromatic heterocycles. The quantitative estimate of drug-likeness (QED) is 0.152. The standard InChI is InChI=1S/C69H49N3O2/c1-5-24-46(25-6-1)61-63(48-28-9-3-10-29-48)66(68-71-43-70-44-72-68)64(49-30-11-4-12-31-49)62(47-26-7-2-8-27-47)65(61)51-33-21-32-50(42-51)60-52(45-22-13-14-23-45)40-41-56-67(60)74-59-39-20-17-36-55(59)69(56)53-34-15-18-37-57(53)73-58-38-19-16-35-54(58)69/h1-12,15-21,24-45H,13-14,22-23H2/i45D. The molecule has 5 heteroatoms. The Kier molecular flexibility index (Phi) is 10.4. The molecule has 1 fully saturated rings. The minimum Gasteiger partial charge on any atom is -0.457 e. The van der Waals surface area contributed by atoms with E-state index >= 15 is 0 Å². The highest BCUT2D eigenvalue weighted by Gasteiger charge is 2.51. The van der Waals surface area contributed by atoms with Crippen molar-refractivity contribution in [2.24, 2.45) is 0 Å². The van der Waals surface area contributed by atoms with Gasteiger partial charge in [0.25, 0.3) is 0 Å². The molecule has 2 aliphatic heterocycles. The lowest BCUT2D eigenvalue weighted by Gasteiger charge is -2.45. The van der Waals surface area contributed by atoms with Crippen molar-refractivity contribution >= 4 is 0 Å². The lowest BCUT2D eigenvalue weighted by Crippen LogP contribution is -2.37. The molecule has 0 unspecified atom stereocenters. The van der Waals surface area contributed by atoms with Crippen LogP contribution in [0.3, 0.4) is 0 Å². The van der Waals surface area contributed by atoms with Gasteiger partial charge in [-0.1, -0.05) is 219 Å². The Morgan fingerprint density at radius 1 is 0.365 bits per heavy atom. The largest absolute Gasteiger partial charge is 0.457 e. The predicted octanol–water partition coefficient (Wildman–Crippen LogP) is 17.8. The van der Waals surface area contributed by atoms with Crippen LogP contribution in [-0.4, -0.2) is 15.0 Å². The highest BCUT2D eigenvalue weighted by Crippen LogP contribution is 2.64. The van der Waals surface area contributed by atoms with Gasteiger partial charge in [-0.3, -0.25) is 0 Å². The molecule has 0 amide bonds. The fraction of sp³-hybridized carbons (Fsp3) is 0.0870. The van der Waals surface area contributed by atoms with E-state index in [1.54, 1.807) is 12.7 Å². The number of para-hydroxylation sites is 3. The summed E-state index contributed by atoms with van der Waals surface area (Å²) in [7, 11) is 0. The topological polar surface area (TPSA) is 57.1 Å². The molecule has 11 aromatic rings. The first kappa shape index (κ1) is 42.5. The Morgan fingerprint density at radius 2 is 0.757 bits per heavy atom. The van der Waals surface area contributed by atoms with Gasteiger partial charge in [-0.15, -0.1) is 0 Å². The van der Waals surface area contributed by atoms with Crippen LogP contribution in [0.15, 0.2) is 243 Å². The average Bonchev–Trinajstić information content (AvgIpc) is 3.97. The van der Waals surface area contributed by atoms with Gasteiger partial charge in [-0.25, -0.2) is 15.0 Å². The van der Waals surface area contributed by atoms with Crippen LogP contribution in [-0.2, 0) is 5.41 Å². The molecule has 5 nitrogen and oxygen atoms in total. The Labute approximate surface area is 432 Å². The highest BCUT2D eigenvalue weighted by molar-refractivity contribution is 6.14. The van der Waals surface area contributed by atoms with Gasteiger partial charge in [-0.2, -0.15) is 0 Å². The third-order valence-corrected chi connectivity index (χ3v) is 15.4. The van der Waals surface area contributed by atoms with E-state index in [1.807, 2.05) is 12.1 Å². The van der Waals surface area contributed by atoms with Crippen molar-refractivity contribution in [2.45, 2.75) is 37.0 Å². The van der Waals surface area contributed by atoms with Gasteiger partial charge in [0.15, 0.2) is 5.82 Å². The smallest absolute Gasteiger partial charge is 0.163 e. The summed E-state index contributed by atoms with van der Waals surface area (Å²) in [4.78, 5) is 14.2. The van der Waals surface area contributed by atoms with Gasteiger partial charge in [0.2, 0.25) is 0 Å². The van der Waals surface area contributed by atoms with Gasteiger partial charge < -0.3 is 9.47 Å². The van der Waals surface area contributed by atoms with Crippen LogP contribution in [0, 0.1) is 0 Å². The Hall–Kier alpha value is -9.19. The Balaban J connectivity index is 1.14. The maximum absolute atomic E-state index is 10.4. The summed E-state index contributed by atoms with van der Waals surface area (Å²) in [5, 5.41) is 0. The minimum atomic E-state index is -0.836. The SMILES string of the molecule is [2H]C1(c2ccc3c(c2-c2cccc(-c4c(-c5ccccc5)c(-c5ccccc5)c(-c5ncncn5)c(-c5ccccc5)c4-c4ccccc4)c2)Oc2ccccc2C32c3ccccc3Oc3ccccc32)CCCC1. The van der Waals surface area contributed by atoms with Crippen molar-refractivity contribution in [1.29, 1.82) is 0 Å². The second-order valence-electron chi connectivity index (χ2n) is 19.4. The molecule has 0 saturated heterocycles. The van der Waals surface area contributed by atoms with Gasteiger partial charge >= 0.3 is 0 Å². The van der Waals surface area contributed by atoms with Crippen LogP contribution in [0.1, 0.15) is 60.8 Å². The normalized spacial score (nSPS) is 14.6. The number of ether oxygens (including phenoxy) is 2. The zero-order chi connectivity index (χ0) is 49.9. The van der Waals surface area contributed by atoms with E-state index in [0.29, 0.717) is 5.82 Å². The fourth-order valence-electron chi connectivity index (χ4n) is 12.4. The van der Waals surface area contributed by atoms with Crippen LogP contribution in [0.25, 0.3) is 78.1 Å². The molecule has 0 radical (unpaired) electrons. The van der Waals surface area contributed by atoms with E-state index in [4.69, 9.17) is 19.4 Å². The van der Waals surface area contributed by atoms with Crippen LogP contribution < -0.4 is 9.47 Å². The van der Waals surface area contributed by atoms with E-state index in [1.165, 1.54) is 0 Å².